The summed E-state index contributed by atoms with van der Waals surface area (Å²) in [6.45, 7) is 4.44. The fraction of sp³-hybridized carbons (Fsp3) is 0.611. The van der Waals surface area contributed by atoms with Crippen molar-refractivity contribution in [2.45, 2.75) is 51.4 Å². The van der Waals surface area contributed by atoms with Crippen LogP contribution >= 0.6 is 0 Å². The molecule has 3 rings (SSSR count). The summed E-state index contributed by atoms with van der Waals surface area (Å²) in [5, 5.41) is 0. The van der Waals surface area contributed by atoms with Gasteiger partial charge in [-0.2, -0.15) is 0 Å². The summed E-state index contributed by atoms with van der Waals surface area (Å²) in [6, 6.07) is 10.8. The van der Waals surface area contributed by atoms with Crippen molar-refractivity contribution in [1.82, 2.24) is 0 Å². The minimum absolute atomic E-state index is 0.114. The van der Waals surface area contributed by atoms with Gasteiger partial charge in [0.15, 0.2) is 0 Å². The number of carbonyl (C=O) groups excluding carboxylic acids is 1. The zero-order chi connectivity index (χ0) is 14.4. The summed E-state index contributed by atoms with van der Waals surface area (Å²) in [4.78, 5) is 12.0. The molecule has 1 aromatic carbocycles. The predicted molar refractivity (Wildman–Crippen MR) is 81.2 cm³/mol. The first kappa shape index (κ1) is 13.7. The minimum Gasteiger partial charge on any atom is -0.369 e. The van der Waals surface area contributed by atoms with Gasteiger partial charge in [-0.05, 0) is 54.9 Å². The fourth-order valence-corrected chi connectivity index (χ4v) is 5.11. The van der Waals surface area contributed by atoms with Crippen LogP contribution in [0.25, 0.3) is 0 Å². The van der Waals surface area contributed by atoms with Crippen LogP contribution in [0.2, 0.25) is 0 Å². The molecule has 0 heterocycles. The van der Waals surface area contributed by atoms with Crippen LogP contribution in [-0.4, -0.2) is 5.91 Å². The fourth-order valence-electron chi connectivity index (χ4n) is 5.11. The van der Waals surface area contributed by atoms with Crippen LogP contribution in [-0.2, 0) is 10.2 Å². The summed E-state index contributed by atoms with van der Waals surface area (Å²) < 4.78 is 0. The average Bonchev–Trinajstić information content (AvgIpc) is 2.38. The molecule has 0 aliphatic heterocycles. The van der Waals surface area contributed by atoms with Crippen LogP contribution in [0.15, 0.2) is 30.3 Å². The topological polar surface area (TPSA) is 43.1 Å². The lowest BCUT2D eigenvalue weighted by atomic mass is 9.50. The number of primary amides is 1. The lowest BCUT2D eigenvalue weighted by molar-refractivity contribution is -0.133. The second kappa shape index (κ2) is 4.61. The van der Waals surface area contributed by atoms with Gasteiger partial charge >= 0.3 is 0 Å². The molecule has 2 aliphatic carbocycles. The number of benzene rings is 1. The molecule has 2 fully saturated rings. The van der Waals surface area contributed by atoms with E-state index in [-0.39, 0.29) is 16.7 Å². The molecular formula is C18H25NO. The molecule has 0 radical (unpaired) electrons. The van der Waals surface area contributed by atoms with E-state index in [1.165, 1.54) is 24.8 Å². The molecule has 0 spiro atoms. The SMILES string of the molecule is C[C@H]1CC2CC(C)(C(N)=O)C[C@@](c3ccccc3)(C2)C1. The van der Waals surface area contributed by atoms with Crippen molar-refractivity contribution in [2.24, 2.45) is 23.0 Å². The molecule has 2 heteroatoms. The molecule has 1 amide bonds. The van der Waals surface area contributed by atoms with Gasteiger partial charge in [0.1, 0.15) is 0 Å². The van der Waals surface area contributed by atoms with E-state index >= 15 is 0 Å². The highest BCUT2D eigenvalue weighted by Crippen LogP contribution is 2.57. The maximum absolute atomic E-state index is 12.0. The van der Waals surface area contributed by atoms with Crippen molar-refractivity contribution in [3.8, 4) is 0 Å². The van der Waals surface area contributed by atoms with Gasteiger partial charge in [-0.15, -0.1) is 0 Å². The van der Waals surface area contributed by atoms with E-state index in [0.717, 1.165) is 18.8 Å². The Morgan fingerprint density at radius 3 is 2.55 bits per heavy atom. The largest absolute Gasteiger partial charge is 0.369 e. The zero-order valence-corrected chi connectivity index (χ0v) is 12.6. The Bertz CT molecular complexity index is 507. The molecule has 2 nitrogen and oxygen atoms in total. The molecule has 20 heavy (non-hydrogen) atoms. The van der Waals surface area contributed by atoms with Crippen LogP contribution in [0.5, 0.6) is 0 Å². The van der Waals surface area contributed by atoms with Gasteiger partial charge in [-0.25, -0.2) is 0 Å². The first-order valence-electron chi connectivity index (χ1n) is 7.79. The van der Waals surface area contributed by atoms with Crippen LogP contribution in [0.4, 0.5) is 0 Å². The van der Waals surface area contributed by atoms with E-state index in [4.69, 9.17) is 5.73 Å². The molecule has 2 N–H and O–H groups in total. The number of amides is 1. The zero-order valence-electron chi connectivity index (χ0n) is 12.6. The Labute approximate surface area is 121 Å². The minimum atomic E-state index is -0.334. The Balaban J connectivity index is 2.03. The smallest absolute Gasteiger partial charge is 0.223 e. The van der Waals surface area contributed by atoms with E-state index in [9.17, 15) is 4.79 Å². The third-order valence-electron chi connectivity index (χ3n) is 5.60. The normalized spacial score (nSPS) is 40.3. The summed E-state index contributed by atoms with van der Waals surface area (Å²) in [6.07, 6.45) is 5.56. The number of rotatable bonds is 2. The third kappa shape index (κ3) is 2.15. The lowest BCUT2D eigenvalue weighted by Crippen LogP contribution is -2.51. The van der Waals surface area contributed by atoms with Crippen molar-refractivity contribution >= 4 is 5.91 Å². The van der Waals surface area contributed by atoms with Crippen LogP contribution in [0, 0.1) is 17.3 Å². The monoisotopic (exact) mass is 271 g/mol. The number of nitrogens with two attached hydrogens (primary N) is 1. The second-order valence-corrected chi connectivity index (χ2v) is 7.57. The maximum atomic E-state index is 12.0. The van der Waals surface area contributed by atoms with Crippen LogP contribution in [0.3, 0.4) is 0 Å². The molecule has 1 aromatic rings. The highest BCUT2D eigenvalue weighted by molar-refractivity contribution is 5.80. The summed E-state index contributed by atoms with van der Waals surface area (Å²) >= 11 is 0. The molecule has 108 valence electrons. The first-order chi connectivity index (χ1) is 9.43. The van der Waals surface area contributed by atoms with E-state index in [0.29, 0.717) is 5.92 Å². The number of hydrogen-bond acceptors (Lipinski definition) is 1. The lowest BCUT2D eigenvalue weighted by Gasteiger charge is -2.53. The molecular weight excluding hydrogens is 246 g/mol. The second-order valence-electron chi connectivity index (χ2n) is 7.57. The quantitative estimate of drug-likeness (QED) is 0.876. The molecule has 2 unspecified atom stereocenters. The van der Waals surface area contributed by atoms with Gasteiger partial charge in [0.05, 0.1) is 0 Å². The van der Waals surface area contributed by atoms with Crippen molar-refractivity contribution < 1.29 is 4.79 Å². The van der Waals surface area contributed by atoms with Crippen molar-refractivity contribution in [3.63, 3.8) is 0 Å². The van der Waals surface area contributed by atoms with Crippen LogP contribution in [0.1, 0.15) is 51.5 Å². The van der Waals surface area contributed by atoms with E-state index < -0.39 is 0 Å². The van der Waals surface area contributed by atoms with Gasteiger partial charge in [0.2, 0.25) is 5.91 Å². The van der Waals surface area contributed by atoms with Crippen LogP contribution < -0.4 is 5.73 Å². The maximum Gasteiger partial charge on any atom is 0.223 e. The Hall–Kier alpha value is -1.31. The summed E-state index contributed by atoms with van der Waals surface area (Å²) in [7, 11) is 0. The Morgan fingerprint density at radius 1 is 1.20 bits per heavy atom. The Kier molecular flexibility index (Phi) is 3.15. The number of fused-ring (bicyclic) bond motifs is 2. The van der Waals surface area contributed by atoms with Gasteiger partial charge in [-0.3, -0.25) is 4.79 Å². The first-order valence-corrected chi connectivity index (χ1v) is 7.79. The average molecular weight is 271 g/mol. The van der Waals surface area contributed by atoms with E-state index in [1.54, 1.807) is 0 Å². The number of hydrogen-bond donors (Lipinski definition) is 1. The van der Waals surface area contributed by atoms with Gasteiger partial charge in [-0.1, -0.05) is 44.2 Å². The number of carbonyl (C=O) groups is 1. The van der Waals surface area contributed by atoms with E-state index in [2.05, 4.69) is 44.2 Å². The standard InChI is InChI=1S/C18H25NO/c1-13-8-14-10-17(2,16(19)20)12-18(9-13,11-14)15-6-4-3-5-7-15/h3-7,13-14H,8-12H2,1-2H3,(H2,19,20)/t13-,14?,17?,18-/m0/s1. The van der Waals surface area contributed by atoms with E-state index in [1.807, 2.05) is 0 Å². The molecule has 2 saturated carbocycles. The molecule has 4 atom stereocenters. The molecule has 2 aliphatic rings. The molecule has 0 saturated heterocycles. The highest BCUT2D eigenvalue weighted by Gasteiger charge is 2.52. The van der Waals surface area contributed by atoms with Gasteiger partial charge in [0, 0.05) is 5.41 Å². The third-order valence-corrected chi connectivity index (χ3v) is 5.60. The van der Waals surface area contributed by atoms with Gasteiger partial charge in [0.25, 0.3) is 0 Å². The Morgan fingerprint density at radius 2 is 1.90 bits per heavy atom. The van der Waals surface area contributed by atoms with Crippen molar-refractivity contribution in [1.29, 1.82) is 0 Å². The molecule has 2 bridgehead atoms. The summed E-state index contributed by atoms with van der Waals surface area (Å²) in [5.41, 5.74) is 6.97. The predicted octanol–water partition coefficient (Wildman–Crippen LogP) is 3.65. The van der Waals surface area contributed by atoms with Gasteiger partial charge < -0.3 is 5.73 Å². The highest BCUT2D eigenvalue weighted by atomic mass is 16.1. The van der Waals surface area contributed by atoms with Crippen molar-refractivity contribution in [3.05, 3.63) is 35.9 Å². The summed E-state index contributed by atoms with van der Waals surface area (Å²) in [5.74, 6) is 1.27. The van der Waals surface area contributed by atoms with Crippen molar-refractivity contribution in [2.75, 3.05) is 0 Å². The molecule has 0 aromatic heterocycles.